The van der Waals surface area contributed by atoms with Gasteiger partial charge >= 0.3 is 6.03 Å². The topological polar surface area (TPSA) is 105 Å². The lowest BCUT2D eigenvalue weighted by Crippen LogP contribution is -2.49. The molecule has 0 atom stereocenters. The van der Waals surface area contributed by atoms with E-state index in [1.165, 1.54) is 0 Å². The second kappa shape index (κ2) is 6.92. The fourth-order valence-electron chi connectivity index (χ4n) is 4.20. The standard InChI is InChI=1S/C20H24N4O4/c1-3-13-6-8-20(9-7-13)18(26)24(19(27)23-20)11-17(25)22-14-4-5-16-15(10-14)21-12(2)28-16/h4-5,10,13H,3,6-9,11H2,1-2H3,(H,22,25)(H,23,27). The van der Waals surface area contributed by atoms with Crippen molar-refractivity contribution in [2.24, 2.45) is 5.92 Å². The van der Waals surface area contributed by atoms with Gasteiger partial charge in [-0.1, -0.05) is 13.3 Å². The Bertz CT molecular complexity index is 943. The van der Waals surface area contributed by atoms with E-state index in [0.717, 1.165) is 24.2 Å². The highest BCUT2D eigenvalue weighted by molar-refractivity contribution is 6.10. The van der Waals surface area contributed by atoms with Crippen molar-refractivity contribution >= 4 is 34.6 Å². The summed E-state index contributed by atoms with van der Waals surface area (Å²) in [6, 6.07) is 4.63. The highest BCUT2D eigenvalue weighted by Gasteiger charge is 2.52. The smallest absolute Gasteiger partial charge is 0.325 e. The third-order valence-corrected chi connectivity index (χ3v) is 5.86. The molecule has 148 valence electrons. The molecule has 0 unspecified atom stereocenters. The van der Waals surface area contributed by atoms with Crippen LogP contribution in [-0.4, -0.2) is 39.8 Å². The Morgan fingerprint density at radius 1 is 1.36 bits per heavy atom. The zero-order valence-electron chi connectivity index (χ0n) is 16.1. The van der Waals surface area contributed by atoms with Crippen LogP contribution < -0.4 is 10.6 Å². The highest BCUT2D eigenvalue weighted by atomic mass is 16.3. The van der Waals surface area contributed by atoms with Crippen molar-refractivity contribution in [2.45, 2.75) is 51.5 Å². The molecule has 1 saturated heterocycles. The molecule has 2 fully saturated rings. The Labute approximate surface area is 162 Å². The first-order chi connectivity index (χ1) is 13.4. The van der Waals surface area contributed by atoms with Gasteiger partial charge in [0.25, 0.3) is 5.91 Å². The number of nitrogens with one attached hydrogen (secondary N) is 2. The number of anilines is 1. The second-order valence-corrected chi connectivity index (χ2v) is 7.72. The minimum atomic E-state index is -0.833. The van der Waals surface area contributed by atoms with Crippen LogP contribution in [0.1, 0.15) is 44.9 Å². The van der Waals surface area contributed by atoms with Gasteiger partial charge in [-0.25, -0.2) is 9.78 Å². The van der Waals surface area contributed by atoms with E-state index in [4.69, 9.17) is 4.42 Å². The zero-order chi connectivity index (χ0) is 19.9. The van der Waals surface area contributed by atoms with Crippen LogP contribution in [0.25, 0.3) is 11.1 Å². The van der Waals surface area contributed by atoms with Gasteiger partial charge in [0.2, 0.25) is 5.91 Å². The predicted molar refractivity (Wildman–Crippen MR) is 103 cm³/mol. The number of imide groups is 1. The van der Waals surface area contributed by atoms with Crippen LogP contribution in [0.5, 0.6) is 0 Å². The number of carbonyl (C=O) groups is 3. The van der Waals surface area contributed by atoms with Crippen LogP contribution in [-0.2, 0) is 9.59 Å². The van der Waals surface area contributed by atoms with E-state index in [9.17, 15) is 14.4 Å². The Morgan fingerprint density at radius 2 is 2.11 bits per heavy atom. The summed E-state index contributed by atoms with van der Waals surface area (Å²) < 4.78 is 5.41. The lowest BCUT2D eigenvalue weighted by atomic mass is 9.75. The molecule has 1 saturated carbocycles. The normalized spacial score (nSPS) is 24.8. The van der Waals surface area contributed by atoms with Gasteiger partial charge in [0.05, 0.1) is 0 Å². The highest BCUT2D eigenvalue weighted by Crippen LogP contribution is 2.37. The van der Waals surface area contributed by atoms with Crippen LogP contribution in [0.4, 0.5) is 10.5 Å². The average Bonchev–Trinajstić information content (AvgIpc) is 3.14. The van der Waals surface area contributed by atoms with E-state index in [1.807, 2.05) is 0 Å². The van der Waals surface area contributed by atoms with E-state index >= 15 is 0 Å². The van der Waals surface area contributed by atoms with Crippen molar-refractivity contribution in [3.05, 3.63) is 24.1 Å². The molecule has 1 aromatic heterocycles. The number of fused-ring (bicyclic) bond motifs is 1. The summed E-state index contributed by atoms with van der Waals surface area (Å²) >= 11 is 0. The number of nitrogens with zero attached hydrogens (tertiary/aromatic N) is 2. The molecule has 4 rings (SSSR count). The summed E-state index contributed by atoms with van der Waals surface area (Å²) in [6.45, 7) is 3.59. The number of aryl methyl sites for hydroxylation is 1. The monoisotopic (exact) mass is 384 g/mol. The van der Waals surface area contributed by atoms with Crippen LogP contribution in [0.3, 0.4) is 0 Å². The number of hydrogen-bond acceptors (Lipinski definition) is 5. The lowest BCUT2D eigenvalue weighted by molar-refractivity contribution is -0.135. The summed E-state index contributed by atoms with van der Waals surface area (Å²) in [4.78, 5) is 43.0. The first kappa shape index (κ1) is 18.5. The number of rotatable bonds is 4. The third-order valence-electron chi connectivity index (χ3n) is 5.86. The molecule has 1 aromatic carbocycles. The molecule has 1 aliphatic carbocycles. The predicted octanol–water partition coefficient (Wildman–Crippen LogP) is 2.97. The number of urea groups is 1. The quantitative estimate of drug-likeness (QED) is 0.789. The molecule has 2 aromatic rings. The molecule has 4 amide bonds. The van der Waals surface area contributed by atoms with Crippen molar-refractivity contribution in [3.8, 4) is 0 Å². The molecule has 28 heavy (non-hydrogen) atoms. The number of aromatic nitrogens is 1. The van der Waals surface area contributed by atoms with E-state index in [-0.39, 0.29) is 12.5 Å². The third kappa shape index (κ3) is 3.23. The van der Waals surface area contributed by atoms with Crippen LogP contribution in [0.15, 0.2) is 22.6 Å². The number of carbonyl (C=O) groups excluding carboxylic acids is 3. The maximum Gasteiger partial charge on any atom is 0.325 e. The van der Waals surface area contributed by atoms with Gasteiger partial charge in [-0.2, -0.15) is 0 Å². The summed E-state index contributed by atoms with van der Waals surface area (Å²) in [7, 11) is 0. The average molecular weight is 384 g/mol. The van der Waals surface area contributed by atoms with Crippen LogP contribution in [0.2, 0.25) is 0 Å². The fraction of sp³-hybridized carbons (Fsp3) is 0.500. The number of benzene rings is 1. The zero-order valence-corrected chi connectivity index (χ0v) is 16.1. The lowest BCUT2D eigenvalue weighted by Gasteiger charge is -2.34. The summed E-state index contributed by atoms with van der Waals surface area (Å²) in [5.41, 5.74) is 0.974. The van der Waals surface area contributed by atoms with Crippen molar-refractivity contribution in [3.63, 3.8) is 0 Å². The fourth-order valence-corrected chi connectivity index (χ4v) is 4.20. The summed E-state index contributed by atoms with van der Waals surface area (Å²) in [5.74, 6) is 0.427. The molecule has 1 spiro atoms. The molecule has 8 heteroatoms. The Morgan fingerprint density at radius 3 is 2.82 bits per heavy atom. The molecular formula is C20H24N4O4. The van der Waals surface area contributed by atoms with Gasteiger partial charge < -0.3 is 15.1 Å². The summed E-state index contributed by atoms with van der Waals surface area (Å²) in [5, 5.41) is 5.57. The van der Waals surface area contributed by atoms with Gasteiger partial charge in [-0.05, 0) is 49.8 Å². The number of oxazole rings is 1. The summed E-state index contributed by atoms with van der Waals surface area (Å²) in [6.07, 6.45) is 4.19. The van der Waals surface area contributed by atoms with Crippen molar-refractivity contribution in [1.29, 1.82) is 0 Å². The van der Waals surface area contributed by atoms with Gasteiger partial charge in [-0.3, -0.25) is 14.5 Å². The van der Waals surface area contributed by atoms with Crippen molar-refractivity contribution in [2.75, 3.05) is 11.9 Å². The maximum absolute atomic E-state index is 12.9. The Balaban J connectivity index is 1.42. The molecular weight excluding hydrogens is 360 g/mol. The second-order valence-electron chi connectivity index (χ2n) is 7.72. The van der Waals surface area contributed by atoms with Gasteiger partial charge in [0.15, 0.2) is 11.5 Å². The Hall–Kier alpha value is -2.90. The van der Waals surface area contributed by atoms with Gasteiger partial charge in [0.1, 0.15) is 17.6 Å². The maximum atomic E-state index is 12.9. The van der Waals surface area contributed by atoms with E-state index in [2.05, 4.69) is 22.5 Å². The minimum absolute atomic E-state index is 0.287. The minimum Gasteiger partial charge on any atom is -0.441 e. The number of amides is 4. The van der Waals surface area contributed by atoms with E-state index < -0.39 is 17.5 Å². The molecule has 2 heterocycles. The van der Waals surface area contributed by atoms with Crippen molar-refractivity contribution < 1.29 is 18.8 Å². The van der Waals surface area contributed by atoms with Gasteiger partial charge in [0, 0.05) is 12.6 Å². The van der Waals surface area contributed by atoms with Crippen LogP contribution in [0, 0.1) is 12.8 Å². The molecule has 2 aliphatic rings. The molecule has 0 bridgehead atoms. The molecule has 2 N–H and O–H groups in total. The first-order valence-corrected chi connectivity index (χ1v) is 9.71. The van der Waals surface area contributed by atoms with E-state index in [1.54, 1.807) is 25.1 Å². The molecule has 0 radical (unpaired) electrons. The van der Waals surface area contributed by atoms with Gasteiger partial charge in [-0.15, -0.1) is 0 Å². The van der Waals surface area contributed by atoms with Crippen LogP contribution >= 0.6 is 0 Å². The largest absolute Gasteiger partial charge is 0.441 e. The Kier molecular flexibility index (Phi) is 4.56. The van der Waals surface area contributed by atoms with Crippen molar-refractivity contribution in [1.82, 2.24) is 15.2 Å². The molecule has 8 nitrogen and oxygen atoms in total. The first-order valence-electron chi connectivity index (χ1n) is 9.71. The molecule has 1 aliphatic heterocycles. The van der Waals surface area contributed by atoms with E-state index in [0.29, 0.717) is 41.4 Å². The SMILES string of the molecule is CCC1CCC2(CC1)NC(=O)N(CC(=O)Nc1ccc3oc(C)nc3c1)C2=O. The number of hydrogen-bond donors (Lipinski definition) is 2.